The van der Waals surface area contributed by atoms with Gasteiger partial charge < -0.3 is 15.4 Å². The SMILES string of the molecule is COCCN(CC(C)C)C(=O)CC(N)CC(C)(C)C. The predicted molar refractivity (Wildman–Crippen MR) is 80.0 cm³/mol. The van der Waals surface area contributed by atoms with Crippen molar-refractivity contribution in [3.05, 3.63) is 0 Å². The predicted octanol–water partition coefficient (Wildman–Crippen LogP) is 2.27. The van der Waals surface area contributed by atoms with Gasteiger partial charge in [-0.3, -0.25) is 4.79 Å². The maximum atomic E-state index is 12.3. The Balaban J connectivity index is 4.37. The lowest BCUT2D eigenvalue weighted by Gasteiger charge is -2.28. The fraction of sp³-hybridized carbons (Fsp3) is 0.933. The average Bonchev–Trinajstić information content (AvgIpc) is 2.20. The third-order valence-electron chi connectivity index (χ3n) is 2.81. The van der Waals surface area contributed by atoms with Crippen molar-refractivity contribution in [3.8, 4) is 0 Å². The summed E-state index contributed by atoms with van der Waals surface area (Å²) in [4.78, 5) is 14.1. The number of rotatable bonds is 8. The number of nitrogens with two attached hydrogens (primary N) is 1. The number of carbonyl (C=O) groups excluding carboxylic acids is 1. The number of ether oxygens (including phenoxy) is 1. The van der Waals surface area contributed by atoms with Gasteiger partial charge in [-0.15, -0.1) is 0 Å². The molecular formula is C15H32N2O2. The fourth-order valence-electron chi connectivity index (χ4n) is 2.17. The van der Waals surface area contributed by atoms with Crippen LogP contribution in [0.1, 0.15) is 47.5 Å². The molecule has 4 nitrogen and oxygen atoms in total. The first-order valence-corrected chi connectivity index (χ1v) is 7.18. The summed E-state index contributed by atoms with van der Waals surface area (Å²) < 4.78 is 5.06. The highest BCUT2D eigenvalue weighted by Gasteiger charge is 2.21. The molecule has 0 heterocycles. The molecule has 0 saturated carbocycles. The Hall–Kier alpha value is -0.610. The summed E-state index contributed by atoms with van der Waals surface area (Å²) in [6, 6.07) is -0.0651. The van der Waals surface area contributed by atoms with Crippen LogP contribution >= 0.6 is 0 Å². The quantitative estimate of drug-likeness (QED) is 0.737. The van der Waals surface area contributed by atoms with Gasteiger partial charge in [0.05, 0.1) is 6.61 Å². The largest absolute Gasteiger partial charge is 0.383 e. The van der Waals surface area contributed by atoms with Crippen LogP contribution in [0.3, 0.4) is 0 Å². The lowest BCUT2D eigenvalue weighted by molar-refractivity contribution is -0.132. The number of nitrogens with zero attached hydrogens (tertiary/aromatic N) is 1. The van der Waals surface area contributed by atoms with Gasteiger partial charge in [-0.05, 0) is 17.8 Å². The zero-order valence-electron chi connectivity index (χ0n) is 13.5. The Morgan fingerprint density at radius 3 is 2.32 bits per heavy atom. The second kappa shape index (κ2) is 8.54. The standard InChI is InChI=1S/C15H32N2O2/c1-12(2)11-17(7-8-19-6)14(18)9-13(16)10-15(3,4)5/h12-13H,7-11,16H2,1-6H3. The van der Waals surface area contributed by atoms with Crippen molar-refractivity contribution in [3.63, 3.8) is 0 Å². The Labute approximate surface area is 118 Å². The summed E-state index contributed by atoms with van der Waals surface area (Å²) in [6.45, 7) is 12.7. The van der Waals surface area contributed by atoms with E-state index in [0.717, 1.165) is 13.0 Å². The maximum absolute atomic E-state index is 12.3. The molecule has 4 heteroatoms. The molecule has 0 radical (unpaired) electrons. The van der Waals surface area contributed by atoms with Crippen molar-refractivity contribution >= 4 is 5.91 Å². The average molecular weight is 272 g/mol. The minimum Gasteiger partial charge on any atom is -0.383 e. The summed E-state index contributed by atoms with van der Waals surface area (Å²) in [7, 11) is 1.66. The molecule has 0 bridgehead atoms. The van der Waals surface area contributed by atoms with Gasteiger partial charge in [-0.1, -0.05) is 34.6 Å². The lowest BCUT2D eigenvalue weighted by atomic mass is 9.87. The van der Waals surface area contributed by atoms with Crippen molar-refractivity contribution < 1.29 is 9.53 Å². The summed E-state index contributed by atoms with van der Waals surface area (Å²) in [5.74, 6) is 0.599. The molecule has 0 aromatic rings. The monoisotopic (exact) mass is 272 g/mol. The fourth-order valence-corrected chi connectivity index (χ4v) is 2.17. The molecule has 19 heavy (non-hydrogen) atoms. The normalized spacial score (nSPS) is 13.7. The Morgan fingerprint density at radius 1 is 1.32 bits per heavy atom. The molecule has 0 aliphatic rings. The molecule has 1 atom stereocenters. The molecule has 2 N–H and O–H groups in total. The van der Waals surface area contributed by atoms with Crippen LogP contribution in [-0.2, 0) is 9.53 Å². The molecule has 0 aromatic carbocycles. The van der Waals surface area contributed by atoms with Gasteiger partial charge >= 0.3 is 0 Å². The van der Waals surface area contributed by atoms with E-state index in [-0.39, 0.29) is 17.4 Å². The van der Waals surface area contributed by atoms with E-state index in [1.165, 1.54) is 0 Å². The van der Waals surface area contributed by atoms with Crippen LogP contribution in [-0.4, -0.2) is 43.7 Å². The summed E-state index contributed by atoms with van der Waals surface area (Å²) in [5.41, 5.74) is 6.24. The molecule has 0 aliphatic carbocycles. The first kappa shape index (κ1) is 18.4. The van der Waals surface area contributed by atoms with Crippen LogP contribution < -0.4 is 5.73 Å². The molecule has 0 fully saturated rings. The van der Waals surface area contributed by atoms with Crippen LogP contribution in [0.2, 0.25) is 0 Å². The lowest BCUT2D eigenvalue weighted by Crippen LogP contribution is -2.40. The molecule has 114 valence electrons. The van der Waals surface area contributed by atoms with Crippen molar-refractivity contribution in [1.29, 1.82) is 0 Å². The number of carbonyl (C=O) groups is 1. The van der Waals surface area contributed by atoms with Crippen LogP contribution in [0.15, 0.2) is 0 Å². The van der Waals surface area contributed by atoms with Crippen molar-refractivity contribution in [2.24, 2.45) is 17.1 Å². The highest BCUT2D eigenvalue weighted by molar-refractivity contribution is 5.76. The molecule has 0 rings (SSSR count). The van der Waals surface area contributed by atoms with Crippen LogP contribution in [0.4, 0.5) is 0 Å². The second-order valence-electron chi connectivity index (χ2n) is 6.96. The first-order valence-electron chi connectivity index (χ1n) is 7.18. The zero-order valence-corrected chi connectivity index (χ0v) is 13.5. The highest BCUT2D eigenvalue weighted by atomic mass is 16.5. The van der Waals surface area contributed by atoms with E-state index in [2.05, 4.69) is 34.6 Å². The zero-order chi connectivity index (χ0) is 15.1. The summed E-state index contributed by atoms with van der Waals surface area (Å²) in [6.07, 6.45) is 1.28. The minimum atomic E-state index is -0.0651. The summed E-state index contributed by atoms with van der Waals surface area (Å²) >= 11 is 0. The van der Waals surface area contributed by atoms with Gasteiger partial charge in [-0.2, -0.15) is 0 Å². The second-order valence-corrected chi connectivity index (χ2v) is 6.96. The van der Waals surface area contributed by atoms with E-state index in [4.69, 9.17) is 10.5 Å². The van der Waals surface area contributed by atoms with E-state index in [9.17, 15) is 4.79 Å². The van der Waals surface area contributed by atoms with Gasteiger partial charge in [0.15, 0.2) is 0 Å². The number of hydrogen-bond acceptors (Lipinski definition) is 3. The number of amides is 1. The van der Waals surface area contributed by atoms with Crippen molar-refractivity contribution in [1.82, 2.24) is 4.90 Å². The molecular weight excluding hydrogens is 240 g/mol. The van der Waals surface area contributed by atoms with Gasteiger partial charge in [0.25, 0.3) is 0 Å². The Morgan fingerprint density at radius 2 is 1.89 bits per heavy atom. The molecule has 0 saturated heterocycles. The van der Waals surface area contributed by atoms with Gasteiger partial charge in [0, 0.05) is 32.7 Å². The first-order chi connectivity index (χ1) is 8.65. The number of hydrogen-bond donors (Lipinski definition) is 1. The minimum absolute atomic E-state index is 0.0651. The molecule has 0 spiro atoms. The Kier molecular flexibility index (Phi) is 8.26. The maximum Gasteiger partial charge on any atom is 0.224 e. The number of methoxy groups -OCH3 is 1. The van der Waals surface area contributed by atoms with Crippen LogP contribution in [0.5, 0.6) is 0 Å². The topological polar surface area (TPSA) is 55.6 Å². The van der Waals surface area contributed by atoms with E-state index in [0.29, 0.717) is 25.5 Å². The molecule has 0 aromatic heterocycles. The van der Waals surface area contributed by atoms with Crippen LogP contribution in [0, 0.1) is 11.3 Å². The highest BCUT2D eigenvalue weighted by Crippen LogP contribution is 2.21. The third-order valence-corrected chi connectivity index (χ3v) is 2.81. The van der Waals surface area contributed by atoms with Crippen molar-refractivity contribution in [2.75, 3.05) is 26.8 Å². The summed E-state index contributed by atoms with van der Waals surface area (Å²) in [5, 5.41) is 0. The van der Waals surface area contributed by atoms with Crippen LogP contribution in [0.25, 0.3) is 0 Å². The van der Waals surface area contributed by atoms with E-state index >= 15 is 0 Å². The van der Waals surface area contributed by atoms with Gasteiger partial charge in [0.1, 0.15) is 0 Å². The van der Waals surface area contributed by atoms with E-state index in [1.54, 1.807) is 7.11 Å². The van der Waals surface area contributed by atoms with E-state index in [1.807, 2.05) is 4.90 Å². The smallest absolute Gasteiger partial charge is 0.224 e. The molecule has 0 aliphatic heterocycles. The van der Waals surface area contributed by atoms with E-state index < -0.39 is 0 Å². The molecule has 1 unspecified atom stereocenters. The van der Waals surface area contributed by atoms with Gasteiger partial charge in [-0.25, -0.2) is 0 Å². The van der Waals surface area contributed by atoms with Crippen molar-refractivity contribution in [2.45, 2.75) is 53.5 Å². The van der Waals surface area contributed by atoms with Gasteiger partial charge in [0.2, 0.25) is 5.91 Å². The Bertz CT molecular complexity index is 259. The third kappa shape index (κ3) is 9.91. The molecule has 1 amide bonds.